The van der Waals surface area contributed by atoms with Gasteiger partial charge in [-0.3, -0.25) is 0 Å². The summed E-state index contributed by atoms with van der Waals surface area (Å²) in [6.07, 6.45) is 2.74. The molecule has 0 fully saturated rings. The lowest BCUT2D eigenvalue weighted by Gasteiger charge is -1.97. The molecule has 0 aliphatic heterocycles. The summed E-state index contributed by atoms with van der Waals surface area (Å²) in [5.41, 5.74) is 0. The van der Waals surface area contributed by atoms with Gasteiger partial charge in [-0.25, -0.2) is 23.1 Å². The molecule has 0 spiro atoms. The van der Waals surface area contributed by atoms with E-state index in [-0.39, 0.29) is 6.58 Å². The minimum atomic E-state index is -3.47. The quantitative estimate of drug-likeness (QED) is 0.622. The van der Waals surface area contributed by atoms with Crippen molar-refractivity contribution >= 4 is 10.0 Å². The van der Waals surface area contributed by atoms with Crippen LogP contribution in [0.4, 0.5) is 0 Å². The van der Waals surface area contributed by atoms with Crippen LogP contribution in [0.25, 0.3) is 0 Å². The van der Waals surface area contributed by atoms with Crippen LogP contribution in [0.2, 0.25) is 0 Å². The second kappa shape index (κ2) is 2.93. The summed E-state index contributed by atoms with van der Waals surface area (Å²) in [5, 5.41) is -0.206. The van der Waals surface area contributed by atoms with E-state index < -0.39 is 10.0 Å². The Morgan fingerprint density at radius 3 is 2.45 bits per heavy atom. The summed E-state index contributed by atoms with van der Waals surface area (Å²) >= 11 is 0. The first-order valence-corrected chi connectivity index (χ1v) is 4.36. The molecule has 0 amide bonds. The zero-order valence-electron chi connectivity index (χ0n) is 5.85. The number of nitrogens with zero attached hydrogens (tertiary/aromatic N) is 2. The van der Waals surface area contributed by atoms with E-state index in [1.54, 1.807) is 6.07 Å². The van der Waals surface area contributed by atoms with Crippen LogP contribution in [0.15, 0.2) is 23.6 Å². The van der Waals surface area contributed by atoms with E-state index >= 15 is 0 Å². The highest BCUT2D eigenvalue weighted by Crippen LogP contribution is 1.95. The Morgan fingerprint density at radius 1 is 1.45 bits per heavy atom. The van der Waals surface area contributed by atoms with Crippen LogP contribution >= 0.6 is 0 Å². The standard InChI is InChI=1S/C5H7N3O2S.H2/c1-6-11(9,10)5-7-3-2-4-8-5;/h2-4,6H,1H3;1H. The number of aromatic nitrogens is 2. The molecular weight excluding hydrogens is 166 g/mol. The van der Waals surface area contributed by atoms with Crippen molar-refractivity contribution in [1.29, 1.82) is 0 Å². The van der Waals surface area contributed by atoms with Gasteiger partial charge in [0.2, 0.25) is 0 Å². The van der Waals surface area contributed by atoms with Crippen molar-refractivity contribution in [1.82, 2.24) is 14.7 Å². The molecule has 1 aromatic heterocycles. The molecule has 11 heavy (non-hydrogen) atoms. The summed E-state index contributed by atoms with van der Waals surface area (Å²) in [7, 11) is -2.16. The van der Waals surface area contributed by atoms with Gasteiger partial charge in [-0.15, -0.1) is 0 Å². The molecule has 62 valence electrons. The summed E-state index contributed by atoms with van der Waals surface area (Å²) in [5.74, 6) is 0. The third-order valence-electron chi connectivity index (χ3n) is 1.05. The predicted molar refractivity (Wildman–Crippen MR) is 40.4 cm³/mol. The topological polar surface area (TPSA) is 72.0 Å². The van der Waals surface area contributed by atoms with E-state index in [0.717, 1.165) is 0 Å². The van der Waals surface area contributed by atoms with Crippen molar-refractivity contribution in [2.75, 3.05) is 7.05 Å². The zero-order valence-corrected chi connectivity index (χ0v) is 6.67. The second-order valence-electron chi connectivity index (χ2n) is 1.74. The SMILES string of the molecule is CNS(=O)(=O)c1ncccn1.[HH]. The first kappa shape index (κ1) is 8.09. The van der Waals surface area contributed by atoms with E-state index in [2.05, 4.69) is 14.7 Å². The monoisotopic (exact) mass is 175 g/mol. The molecule has 6 heteroatoms. The average molecular weight is 175 g/mol. The summed E-state index contributed by atoms with van der Waals surface area (Å²) in [6, 6.07) is 1.55. The molecule has 0 atom stereocenters. The predicted octanol–water partition coefficient (Wildman–Crippen LogP) is -0.369. The Hall–Kier alpha value is -1.01. The van der Waals surface area contributed by atoms with Crippen molar-refractivity contribution in [3.8, 4) is 0 Å². The molecule has 0 aliphatic rings. The molecule has 0 aliphatic carbocycles. The van der Waals surface area contributed by atoms with Gasteiger partial charge in [0.1, 0.15) is 0 Å². The maximum atomic E-state index is 11.0. The van der Waals surface area contributed by atoms with Crippen LogP contribution in [0.1, 0.15) is 1.43 Å². The molecule has 0 unspecified atom stereocenters. The van der Waals surface area contributed by atoms with Gasteiger partial charge in [0.15, 0.2) is 0 Å². The molecule has 0 saturated carbocycles. The van der Waals surface area contributed by atoms with Gasteiger partial charge in [0.25, 0.3) is 15.2 Å². The second-order valence-corrected chi connectivity index (χ2v) is 3.52. The largest absolute Gasteiger partial charge is 0.276 e. The molecule has 1 aromatic rings. The Morgan fingerprint density at radius 2 is 2.00 bits per heavy atom. The number of hydrogen-bond donors (Lipinski definition) is 1. The first-order chi connectivity index (χ1) is 5.17. The summed E-state index contributed by atoms with van der Waals surface area (Å²) in [6.45, 7) is 0. The Kier molecular flexibility index (Phi) is 2.16. The van der Waals surface area contributed by atoms with Gasteiger partial charge >= 0.3 is 0 Å². The Balaban J connectivity index is 0.00000121. The van der Waals surface area contributed by atoms with E-state index in [1.807, 2.05) is 0 Å². The third-order valence-corrected chi connectivity index (χ3v) is 2.28. The lowest BCUT2D eigenvalue weighted by atomic mass is 10.7. The number of hydrogen-bond acceptors (Lipinski definition) is 4. The minimum Gasteiger partial charge on any atom is -0.226 e. The average Bonchev–Trinajstić information content (AvgIpc) is 2.06. The van der Waals surface area contributed by atoms with Gasteiger partial charge in [-0.1, -0.05) is 0 Å². The molecule has 0 bridgehead atoms. The molecule has 1 N–H and O–H groups in total. The van der Waals surface area contributed by atoms with Crippen LogP contribution in [-0.4, -0.2) is 25.4 Å². The highest BCUT2D eigenvalue weighted by atomic mass is 32.2. The maximum Gasteiger partial charge on any atom is 0.276 e. The number of nitrogens with one attached hydrogen (secondary N) is 1. The molecular formula is C5H9N3O2S. The van der Waals surface area contributed by atoms with Gasteiger partial charge in [0.05, 0.1) is 0 Å². The van der Waals surface area contributed by atoms with Crippen LogP contribution in [-0.2, 0) is 10.0 Å². The van der Waals surface area contributed by atoms with Gasteiger partial charge in [-0.2, -0.15) is 0 Å². The lowest BCUT2D eigenvalue weighted by molar-refractivity contribution is 0.578. The molecule has 0 aromatic carbocycles. The third kappa shape index (κ3) is 1.72. The van der Waals surface area contributed by atoms with E-state index in [4.69, 9.17) is 0 Å². The fraction of sp³-hybridized carbons (Fsp3) is 0.200. The highest BCUT2D eigenvalue weighted by molar-refractivity contribution is 7.89. The van der Waals surface area contributed by atoms with Crippen LogP contribution in [0.3, 0.4) is 0 Å². The smallest absolute Gasteiger partial charge is 0.226 e. The van der Waals surface area contributed by atoms with Crippen molar-refractivity contribution in [3.05, 3.63) is 18.5 Å². The van der Waals surface area contributed by atoms with Gasteiger partial charge < -0.3 is 0 Å². The molecule has 1 rings (SSSR count). The van der Waals surface area contributed by atoms with Crippen LogP contribution in [0, 0.1) is 0 Å². The van der Waals surface area contributed by atoms with Gasteiger partial charge in [0, 0.05) is 13.8 Å². The maximum absolute atomic E-state index is 11.0. The Labute approximate surface area is 66.0 Å². The molecule has 5 nitrogen and oxygen atoms in total. The molecule has 0 radical (unpaired) electrons. The normalized spacial score (nSPS) is 11.4. The van der Waals surface area contributed by atoms with E-state index in [9.17, 15) is 8.42 Å². The minimum absolute atomic E-state index is 0. The van der Waals surface area contributed by atoms with E-state index in [0.29, 0.717) is 0 Å². The zero-order chi connectivity index (χ0) is 8.32. The summed E-state index contributed by atoms with van der Waals surface area (Å²) in [4.78, 5) is 7.12. The van der Waals surface area contributed by atoms with E-state index in [1.165, 1.54) is 19.4 Å². The van der Waals surface area contributed by atoms with Gasteiger partial charge in [-0.05, 0) is 13.1 Å². The lowest BCUT2D eigenvalue weighted by Crippen LogP contribution is -2.20. The van der Waals surface area contributed by atoms with Crippen molar-refractivity contribution in [2.24, 2.45) is 0 Å². The fourth-order valence-corrected chi connectivity index (χ4v) is 1.10. The van der Waals surface area contributed by atoms with Crippen LogP contribution in [0.5, 0.6) is 0 Å². The summed E-state index contributed by atoms with van der Waals surface area (Å²) < 4.78 is 24.0. The highest BCUT2D eigenvalue weighted by Gasteiger charge is 2.12. The number of sulfonamides is 1. The van der Waals surface area contributed by atoms with Crippen molar-refractivity contribution in [3.63, 3.8) is 0 Å². The number of rotatable bonds is 2. The van der Waals surface area contributed by atoms with Crippen molar-refractivity contribution in [2.45, 2.75) is 5.16 Å². The molecule has 0 saturated heterocycles. The molecule has 1 heterocycles. The fourth-order valence-electron chi connectivity index (χ4n) is 0.515. The Bertz CT molecular complexity index is 326. The van der Waals surface area contributed by atoms with Crippen molar-refractivity contribution < 1.29 is 9.84 Å². The van der Waals surface area contributed by atoms with Crippen LogP contribution < -0.4 is 4.72 Å². The first-order valence-electron chi connectivity index (χ1n) is 2.87.